The third-order valence-electron chi connectivity index (χ3n) is 6.16. The average molecular weight is 449 g/mol. The number of hydrogen-bond donors (Lipinski definition) is 0. The summed E-state index contributed by atoms with van der Waals surface area (Å²) in [6, 6.07) is 13.7. The summed E-state index contributed by atoms with van der Waals surface area (Å²) in [7, 11) is 0. The molecule has 0 spiro atoms. The molecule has 0 radical (unpaired) electrons. The minimum Gasteiger partial charge on any atom is -0.365 e. The maximum atomic E-state index is 13.2. The van der Waals surface area contributed by atoms with E-state index in [1.54, 1.807) is 26.6 Å². The number of aromatic nitrogens is 3. The van der Waals surface area contributed by atoms with Gasteiger partial charge in [-0.15, -0.1) is 5.10 Å². The summed E-state index contributed by atoms with van der Waals surface area (Å²) in [6.07, 6.45) is -0.279. The summed E-state index contributed by atoms with van der Waals surface area (Å²) in [6.45, 7) is 4.35. The summed E-state index contributed by atoms with van der Waals surface area (Å²) >= 11 is 0. The molecule has 9 heteroatoms. The van der Waals surface area contributed by atoms with Crippen molar-refractivity contribution >= 4 is 11.8 Å². The lowest BCUT2D eigenvalue weighted by Gasteiger charge is -2.34. The molecule has 5 rings (SSSR count). The SMILES string of the molecule is Cc1cccc(C(=O)N2CCN(C(=O)c3nnn4c3COC(c3ccc(F)cc3)C4)CC2)c1. The summed E-state index contributed by atoms with van der Waals surface area (Å²) in [5.41, 5.74) is 3.47. The standard InChI is InChI=1S/C24H24FN5O3/c1-16-3-2-4-18(13-16)23(31)28-9-11-29(12-10-28)24(32)22-20-15-33-21(14-30(20)27-26-22)17-5-7-19(25)8-6-17/h2-8,13,21H,9-12,14-15H2,1H3. The van der Waals surface area contributed by atoms with Gasteiger partial charge in [0.1, 0.15) is 11.9 Å². The van der Waals surface area contributed by atoms with Crippen LogP contribution in [0.15, 0.2) is 48.5 Å². The van der Waals surface area contributed by atoms with E-state index in [0.717, 1.165) is 11.1 Å². The predicted octanol–water partition coefficient (Wildman–Crippen LogP) is 2.60. The predicted molar refractivity (Wildman–Crippen MR) is 117 cm³/mol. The number of aryl methyl sites for hydroxylation is 1. The number of ether oxygens (including phenoxy) is 1. The Hall–Kier alpha value is -3.59. The van der Waals surface area contributed by atoms with Gasteiger partial charge in [0.25, 0.3) is 11.8 Å². The molecular weight excluding hydrogens is 425 g/mol. The van der Waals surface area contributed by atoms with Crippen molar-refractivity contribution < 1.29 is 18.7 Å². The smallest absolute Gasteiger partial charge is 0.276 e. The van der Waals surface area contributed by atoms with Crippen LogP contribution in [0.4, 0.5) is 4.39 Å². The zero-order valence-electron chi connectivity index (χ0n) is 18.3. The van der Waals surface area contributed by atoms with Gasteiger partial charge < -0.3 is 14.5 Å². The van der Waals surface area contributed by atoms with Gasteiger partial charge in [-0.3, -0.25) is 9.59 Å². The van der Waals surface area contributed by atoms with Gasteiger partial charge in [0.05, 0.1) is 18.8 Å². The van der Waals surface area contributed by atoms with Crippen LogP contribution in [0.3, 0.4) is 0 Å². The zero-order chi connectivity index (χ0) is 22.9. The van der Waals surface area contributed by atoms with Gasteiger partial charge in [0.2, 0.25) is 0 Å². The van der Waals surface area contributed by atoms with E-state index < -0.39 is 0 Å². The van der Waals surface area contributed by atoms with Crippen LogP contribution < -0.4 is 0 Å². The van der Waals surface area contributed by atoms with Crippen LogP contribution in [0, 0.1) is 12.7 Å². The molecule has 2 amide bonds. The lowest BCUT2D eigenvalue weighted by atomic mass is 10.1. The number of amides is 2. The normalized spacial score (nSPS) is 18.2. The topological polar surface area (TPSA) is 80.6 Å². The number of benzene rings is 2. The van der Waals surface area contributed by atoms with Crippen molar-refractivity contribution in [1.29, 1.82) is 0 Å². The van der Waals surface area contributed by atoms with Gasteiger partial charge in [-0.2, -0.15) is 0 Å². The Morgan fingerprint density at radius 2 is 1.70 bits per heavy atom. The molecule has 170 valence electrons. The van der Waals surface area contributed by atoms with Crippen molar-refractivity contribution in [1.82, 2.24) is 24.8 Å². The highest BCUT2D eigenvalue weighted by atomic mass is 19.1. The molecule has 1 saturated heterocycles. The van der Waals surface area contributed by atoms with E-state index in [4.69, 9.17) is 4.74 Å². The minimum atomic E-state index is -0.301. The number of carbonyl (C=O) groups is 2. The molecule has 8 nitrogen and oxygen atoms in total. The van der Waals surface area contributed by atoms with Crippen molar-refractivity contribution in [3.63, 3.8) is 0 Å². The molecule has 2 aliphatic heterocycles. The second-order valence-corrected chi connectivity index (χ2v) is 8.37. The number of nitrogens with zero attached hydrogens (tertiary/aromatic N) is 5. The van der Waals surface area contributed by atoms with Gasteiger partial charge in [-0.05, 0) is 36.8 Å². The third kappa shape index (κ3) is 4.23. The molecule has 1 aromatic heterocycles. The molecular formula is C24H24FN5O3. The average Bonchev–Trinajstić information content (AvgIpc) is 3.27. The van der Waals surface area contributed by atoms with Crippen molar-refractivity contribution in [3.8, 4) is 0 Å². The lowest BCUT2D eigenvalue weighted by Crippen LogP contribution is -2.50. The van der Waals surface area contributed by atoms with E-state index in [-0.39, 0.29) is 36.0 Å². The fraction of sp³-hybridized carbons (Fsp3) is 0.333. The lowest BCUT2D eigenvalue weighted by molar-refractivity contribution is -0.00206. The van der Waals surface area contributed by atoms with Crippen molar-refractivity contribution in [3.05, 3.63) is 82.4 Å². The largest absolute Gasteiger partial charge is 0.365 e. The molecule has 33 heavy (non-hydrogen) atoms. The molecule has 2 aromatic carbocycles. The number of rotatable bonds is 3. The summed E-state index contributed by atoms with van der Waals surface area (Å²) in [4.78, 5) is 29.4. The zero-order valence-corrected chi connectivity index (χ0v) is 18.3. The highest BCUT2D eigenvalue weighted by molar-refractivity contribution is 5.95. The summed E-state index contributed by atoms with van der Waals surface area (Å²) in [5.74, 6) is -0.528. The second kappa shape index (κ2) is 8.74. The summed E-state index contributed by atoms with van der Waals surface area (Å²) < 4.78 is 20.8. The molecule has 3 heterocycles. The minimum absolute atomic E-state index is 0.0212. The Kier molecular flexibility index (Phi) is 5.63. The number of piperazine rings is 1. The quantitative estimate of drug-likeness (QED) is 0.614. The molecule has 3 aromatic rings. The van der Waals surface area contributed by atoms with E-state index in [2.05, 4.69) is 10.3 Å². The van der Waals surface area contributed by atoms with Crippen LogP contribution in [0.5, 0.6) is 0 Å². The Bertz CT molecular complexity index is 1190. The first kappa shape index (κ1) is 21.3. The molecule has 1 unspecified atom stereocenters. The van der Waals surface area contributed by atoms with E-state index in [9.17, 15) is 14.0 Å². The highest BCUT2D eigenvalue weighted by Crippen LogP contribution is 2.27. The van der Waals surface area contributed by atoms with Crippen molar-refractivity contribution in [2.75, 3.05) is 26.2 Å². The fourth-order valence-corrected chi connectivity index (χ4v) is 4.28. The fourth-order valence-electron chi connectivity index (χ4n) is 4.28. The van der Waals surface area contributed by atoms with Gasteiger partial charge in [-0.1, -0.05) is 35.0 Å². The van der Waals surface area contributed by atoms with E-state index >= 15 is 0 Å². The number of carbonyl (C=O) groups excluding carboxylic acids is 2. The Balaban J connectivity index is 1.23. The van der Waals surface area contributed by atoms with Crippen LogP contribution in [-0.4, -0.2) is 62.8 Å². The third-order valence-corrected chi connectivity index (χ3v) is 6.16. The Morgan fingerprint density at radius 3 is 2.39 bits per heavy atom. The van der Waals surface area contributed by atoms with Gasteiger partial charge in [0.15, 0.2) is 5.69 Å². The van der Waals surface area contributed by atoms with E-state index in [1.807, 2.05) is 31.2 Å². The Labute approximate surface area is 190 Å². The van der Waals surface area contributed by atoms with Crippen LogP contribution in [0.1, 0.15) is 43.8 Å². The summed E-state index contributed by atoms with van der Waals surface area (Å²) in [5, 5.41) is 8.29. The van der Waals surface area contributed by atoms with Gasteiger partial charge in [-0.25, -0.2) is 9.07 Å². The maximum absolute atomic E-state index is 13.2. The van der Waals surface area contributed by atoms with E-state index in [0.29, 0.717) is 44.0 Å². The maximum Gasteiger partial charge on any atom is 0.276 e. The second-order valence-electron chi connectivity index (χ2n) is 8.37. The molecule has 1 fully saturated rings. The van der Waals surface area contributed by atoms with Gasteiger partial charge in [0, 0.05) is 31.7 Å². The van der Waals surface area contributed by atoms with Crippen LogP contribution in [-0.2, 0) is 17.9 Å². The van der Waals surface area contributed by atoms with Crippen molar-refractivity contribution in [2.24, 2.45) is 0 Å². The first-order valence-corrected chi connectivity index (χ1v) is 10.9. The molecule has 0 aliphatic carbocycles. The van der Waals surface area contributed by atoms with Crippen LogP contribution in [0.2, 0.25) is 0 Å². The number of hydrogen-bond acceptors (Lipinski definition) is 5. The van der Waals surface area contributed by atoms with Gasteiger partial charge >= 0.3 is 0 Å². The molecule has 0 bridgehead atoms. The van der Waals surface area contributed by atoms with Crippen molar-refractivity contribution in [2.45, 2.75) is 26.2 Å². The first-order valence-electron chi connectivity index (χ1n) is 10.9. The molecule has 0 N–H and O–H groups in total. The molecule has 2 aliphatic rings. The molecule has 1 atom stereocenters. The van der Waals surface area contributed by atoms with Crippen LogP contribution in [0.25, 0.3) is 0 Å². The number of fused-ring (bicyclic) bond motifs is 1. The monoisotopic (exact) mass is 449 g/mol. The molecule has 0 saturated carbocycles. The highest BCUT2D eigenvalue weighted by Gasteiger charge is 2.32. The van der Waals surface area contributed by atoms with E-state index in [1.165, 1.54) is 12.1 Å². The Morgan fingerprint density at radius 1 is 1.00 bits per heavy atom. The number of halogens is 1. The first-order chi connectivity index (χ1) is 16.0. The van der Waals surface area contributed by atoms with Crippen LogP contribution >= 0.6 is 0 Å².